The van der Waals surface area contributed by atoms with Gasteiger partial charge in [-0.25, -0.2) is 0 Å². The van der Waals surface area contributed by atoms with Crippen molar-refractivity contribution in [1.82, 2.24) is 10.1 Å². The maximum atomic E-state index is 12.1. The molecular formula is C17H23N3O3. The fourth-order valence-corrected chi connectivity index (χ4v) is 3.11. The summed E-state index contributed by atoms with van der Waals surface area (Å²) in [6.07, 6.45) is 6.84. The fraction of sp³-hybridized carbons (Fsp3) is 0.529. The van der Waals surface area contributed by atoms with Crippen LogP contribution in [0.2, 0.25) is 0 Å². The number of anilines is 1. The molecule has 6 nitrogen and oxygen atoms in total. The minimum Gasteiger partial charge on any atom is -0.468 e. The number of amides is 1. The second kappa shape index (κ2) is 7.46. The van der Waals surface area contributed by atoms with E-state index in [2.05, 4.69) is 15.4 Å². The Kier molecular flexibility index (Phi) is 5.12. The van der Waals surface area contributed by atoms with Crippen LogP contribution in [-0.4, -0.2) is 29.1 Å². The van der Waals surface area contributed by atoms with E-state index in [1.54, 1.807) is 19.3 Å². The highest BCUT2D eigenvalue weighted by Gasteiger charge is 2.25. The second-order valence-corrected chi connectivity index (χ2v) is 6.04. The van der Waals surface area contributed by atoms with Crippen molar-refractivity contribution in [3.63, 3.8) is 0 Å². The molecule has 1 N–H and O–H groups in total. The third-order valence-electron chi connectivity index (χ3n) is 4.26. The quantitative estimate of drug-likeness (QED) is 0.913. The minimum absolute atomic E-state index is 0.0410. The van der Waals surface area contributed by atoms with Gasteiger partial charge in [-0.3, -0.25) is 9.69 Å². The van der Waals surface area contributed by atoms with Gasteiger partial charge < -0.3 is 14.3 Å². The predicted octanol–water partition coefficient (Wildman–Crippen LogP) is 3.52. The maximum Gasteiger partial charge on any atom is 0.226 e. The lowest BCUT2D eigenvalue weighted by Gasteiger charge is -2.28. The van der Waals surface area contributed by atoms with Crippen molar-refractivity contribution in [3.8, 4) is 0 Å². The number of furan rings is 1. The van der Waals surface area contributed by atoms with Crippen molar-refractivity contribution < 1.29 is 13.7 Å². The summed E-state index contributed by atoms with van der Waals surface area (Å²) in [7, 11) is 0. The van der Waals surface area contributed by atoms with Crippen molar-refractivity contribution in [3.05, 3.63) is 36.0 Å². The van der Waals surface area contributed by atoms with Crippen LogP contribution in [0.5, 0.6) is 0 Å². The molecular weight excluding hydrogens is 294 g/mol. The van der Waals surface area contributed by atoms with Crippen LogP contribution < -0.4 is 5.32 Å². The fourth-order valence-electron chi connectivity index (χ4n) is 3.11. The van der Waals surface area contributed by atoms with Crippen LogP contribution in [0.1, 0.15) is 49.7 Å². The highest BCUT2D eigenvalue weighted by atomic mass is 16.5. The summed E-state index contributed by atoms with van der Waals surface area (Å²) in [6.45, 7) is 3.52. The van der Waals surface area contributed by atoms with Crippen molar-refractivity contribution in [1.29, 1.82) is 0 Å². The summed E-state index contributed by atoms with van der Waals surface area (Å²) < 4.78 is 10.6. The number of carbonyl (C=O) groups excluding carboxylic acids is 1. The zero-order valence-electron chi connectivity index (χ0n) is 13.5. The number of hydrogen-bond donors (Lipinski definition) is 1. The third-order valence-corrected chi connectivity index (χ3v) is 4.26. The smallest absolute Gasteiger partial charge is 0.226 e. The largest absolute Gasteiger partial charge is 0.468 e. The zero-order valence-corrected chi connectivity index (χ0v) is 13.5. The summed E-state index contributed by atoms with van der Waals surface area (Å²) in [4.78, 5) is 14.5. The molecule has 3 heterocycles. The SMILES string of the molecule is Cc1cc(NC(=O)CCN2CCCCCC2c2ccco2)no1. The van der Waals surface area contributed by atoms with Gasteiger partial charge in [0.15, 0.2) is 5.82 Å². The van der Waals surface area contributed by atoms with Gasteiger partial charge >= 0.3 is 0 Å². The molecule has 0 radical (unpaired) electrons. The van der Waals surface area contributed by atoms with E-state index in [1.807, 2.05) is 12.1 Å². The van der Waals surface area contributed by atoms with E-state index in [0.717, 1.165) is 18.7 Å². The summed E-state index contributed by atoms with van der Waals surface area (Å²) >= 11 is 0. The maximum absolute atomic E-state index is 12.1. The van der Waals surface area contributed by atoms with Gasteiger partial charge in [0.05, 0.1) is 12.3 Å². The Morgan fingerprint density at radius 3 is 3.09 bits per heavy atom. The van der Waals surface area contributed by atoms with Crippen LogP contribution in [0, 0.1) is 6.92 Å². The first-order chi connectivity index (χ1) is 11.2. The van der Waals surface area contributed by atoms with Crippen LogP contribution in [-0.2, 0) is 4.79 Å². The van der Waals surface area contributed by atoms with E-state index in [-0.39, 0.29) is 11.9 Å². The molecule has 1 unspecified atom stereocenters. The molecule has 1 aliphatic heterocycles. The lowest BCUT2D eigenvalue weighted by molar-refractivity contribution is -0.116. The third kappa shape index (κ3) is 4.22. The Labute approximate surface area is 135 Å². The zero-order chi connectivity index (χ0) is 16.1. The Morgan fingerprint density at radius 2 is 2.35 bits per heavy atom. The first-order valence-corrected chi connectivity index (χ1v) is 8.23. The van der Waals surface area contributed by atoms with E-state index < -0.39 is 0 Å². The lowest BCUT2D eigenvalue weighted by atomic mass is 10.1. The monoisotopic (exact) mass is 317 g/mol. The number of hydrogen-bond acceptors (Lipinski definition) is 5. The summed E-state index contributed by atoms with van der Waals surface area (Å²) in [5.41, 5.74) is 0. The number of rotatable bonds is 5. The number of aromatic nitrogens is 1. The van der Waals surface area contributed by atoms with Crippen molar-refractivity contribution in [2.45, 2.75) is 45.1 Å². The molecule has 0 aromatic carbocycles. The number of likely N-dealkylation sites (tertiary alicyclic amines) is 1. The van der Waals surface area contributed by atoms with E-state index in [1.165, 1.54) is 19.3 Å². The number of carbonyl (C=O) groups is 1. The van der Waals surface area contributed by atoms with Crippen molar-refractivity contribution >= 4 is 11.7 Å². The average molecular weight is 317 g/mol. The Balaban J connectivity index is 1.57. The highest BCUT2D eigenvalue weighted by Crippen LogP contribution is 2.30. The normalized spacial score (nSPS) is 19.4. The molecule has 124 valence electrons. The Hall–Kier alpha value is -2.08. The molecule has 1 amide bonds. The van der Waals surface area contributed by atoms with Crippen LogP contribution in [0.15, 0.2) is 33.4 Å². The van der Waals surface area contributed by atoms with Gasteiger partial charge in [0, 0.05) is 19.0 Å². The number of nitrogens with one attached hydrogen (secondary N) is 1. The van der Waals surface area contributed by atoms with Crippen LogP contribution in [0.3, 0.4) is 0 Å². The van der Waals surface area contributed by atoms with Gasteiger partial charge in [-0.1, -0.05) is 18.0 Å². The molecule has 1 atom stereocenters. The number of nitrogens with zero attached hydrogens (tertiary/aromatic N) is 2. The first kappa shape index (κ1) is 15.8. The lowest BCUT2D eigenvalue weighted by Crippen LogP contribution is -2.31. The Morgan fingerprint density at radius 1 is 1.43 bits per heavy atom. The molecule has 1 saturated heterocycles. The minimum atomic E-state index is -0.0410. The Bertz CT molecular complexity index is 621. The van der Waals surface area contributed by atoms with Gasteiger partial charge in [0.25, 0.3) is 0 Å². The van der Waals surface area contributed by atoms with E-state index in [9.17, 15) is 4.79 Å². The summed E-state index contributed by atoms with van der Waals surface area (Å²) in [5, 5.41) is 6.56. The predicted molar refractivity (Wildman–Crippen MR) is 86.0 cm³/mol. The molecule has 0 spiro atoms. The summed E-state index contributed by atoms with van der Waals surface area (Å²) in [5.74, 6) is 2.12. The highest BCUT2D eigenvalue weighted by molar-refractivity contribution is 5.89. The van der Waals surface area contributed by atoms with Crippen LogP contribution >= 0.6 is 0 Å². The van der Waals surface area contributed by atoms with Crippen LogP contribution in [0.4, 0.5) is 5.82 Å². The standard InChI is InChI=1S/C17H23N3O3/c1-13-12-16(19-23-13)18-17(21)8-10-20-9-4-2-3-6-14(20)15-7-5-11-22-15/h5,7,11-12,14H,2-4,6,8-10H2,1H3,(H,18,19,21). The van der Waals surface area contributed by atoms with E-state index in [4.69, 9.17) is 8.94 Å². The molecule has 1 fully saturated rings. The molecule has 6 heteroatoms. The molecule has 0 bridgehead atoms. The molecule has 3 rings (SSSR count). The van der Waals surface area contributed by atoms with Crippen LogP contribution in [0.25, 0.3) is 0 Å². The van der Waals surface area contributed by atoms with Gasteiger partial charge in [-0.15, -0.1) is 0 Å². The topological polar surface area (TPSA) is 71.5 Å². The molecule has 2 aromatic rings. The van der Waals surface area contributed by atoms with Gasteiger partial charge in [0.1, 0.15) is 11.5 Å². The van der Waals surface area contributed by atoms with E-state index >= 15 is 0 Å². The molecule has 2 aromatic heterocycles. The molecule has 0 aliphatic carbocycles. The first-order valence-electron chi connectivity index (χ1n) is 8.23. The second-order valence-electron chi connectivity index (χ2n) is 6.04. The molecule has 23 heavy (non-hydrogen) atoms. The molecule has 1 aliphatic rings. The summed E-state index contributed by atoms with van der Waals surface area (Å²) in [6, 6.07) is 5.95. The van der Waals surface area contributed by atoms with E-state index in [0.29, 0.717) is 24.5 Å². The molecule has 0 saturated carbocycles. The van der Waals surface area contributed by atoms with Crippen molar-refractivity contribution in [2.75, 3.05) is 18.4 Å². The van der Waals surface area contributed by atoms with Gasteiger partial charge in [-0.05, 0) is 38.4 Å². The van der Waals surface area contributed by atoms with Gasteiger partial charge in [-0.2, -0.15) is 0 Å². The van der Waals surface area contributed by atoms with Gasteiger partial charge in [0.2, 0.25) is 5.91 Å². The average Bonchev–Trinajstić information content (AvgIpc) is 3.13. The van der Waals surface area contributed by atoms with Crippen molar-refractivity contribution in [2.24, 2.45) is 0 Å². The number of aryl methyl sites for hydroxylation is 1.